The summed E-state index contributed by atoms with van der Waals surface area (Å²) in [7, 11) is 0. The lowest BCUT2D eigenvalue weighted by Crippen LogP contribution is -1.49. The number of hydrogen-bond acceptors (Lipinski definition) is 0. The third-order valence-electron chi connectivity index (χ3n) is 0.940. The number of allylic oxidation sites excluding steroid dienone is 8. The molecule has 0 heteroatoms. The third-order valence-corrected chi connectivity index (χ3v) is 0.940. The molecular weight excluding hydrogens is 120 g/mol. The van der Waals surface area contributed by atoms with Crippen LogP contribution in [0.1, 0.15) is 13.8 Å². The number of hydrogen-bond donors (Lipinski definition) is 0. The van der Waals surface area contributed by atoms with Crippen LogP contribution in [0.25, 0.3) is 0 Å². The summed E-state index contributed by atoms with van der Waals surface area (Å²) in [5.41, 5.74) is 0. The van der Waals surface area contributed by atoms with E-state index in [1.807, 2.05) is 62.5 Å². The highest BCUT2D eigenvalue weighted by molar-refractivity contribution is 5.14. The van der Waals surface area contributed by atoms with Crippen molar-refractivity contribution in [3.63, 3.8) is 0 Å². The van der Waals surface area contributed by atoms with Gasteiger partial charge in [-0.25, -0.2) is 0 Å². The van der Waals surface area contributed by atoms with Crippen molar-refractivity contribution in [2.45, 2.75) is 13.8 Å². The van der Waals surface area contributed by atoms with Gasteiger partial charge >= 0.3 is 0 Å². The Kier molecular flexibility index (Phi) is 7.13. The maximum absolute atomic E-state index is 2.00. The van der Waals surface area contributed by atoms with E-state index in [9.17, 15) is 0 Å². The molecule has 0 aliphatic rings. The Bertz CT molecular complexity index is 137. The van der Waals surface area contributed by atoms with Crippen LogP contribution in [0.4, 0.5) is 0 Å². The molecule has 0 unspecified atom stereocenters. The fourth-order valence-electron chi connectivity index (χ4n) is 0.479. The predicted octanol–water partition coefficient (Wildman–Crippen LogP) is 3.25. The molecule has 0 amide bonds. The Hall–Kier alpha value is -1.04. The molecule has 0 N–H and O–H groups in total. The van der Waals surface area contributed by atoms with Crippen LogP contribution < -0.4 is 0 Å². The second kappa shape index (κ2) is 7.96. The lowest BCUT2D eigenvalue weighted by Gasteiger charge is -1.71. The first-order valence-corrected chi connectivity index (χ1v) is 3.49. The van der Waals surface area contributed by atoms with E-state index in [1.54, 1.807) is 0 Å². The van der Waals surface area contributed by atoms with Crippen molar-refractivity contribution in [2.24, 2.45) is 0 Å². The molecule has 0 radical (unpaired) electrons. The van der Waals surface area contributed by atoms with Gasteiger partial charge in [0.05, 0.1) is 0 Å². The average Bonchev–Trinajstić information content (AvgIpc) is 1.97. The zero-order valence-electron chi connectivity index (χ0n) is 6.62. The van der Waals surface area contributed by atoms with Crippen LogP contribution in [0.2, 0.25) is 0 Å². The Morgan fingerprint density at radius 1 is 0.500 bits per heavy atom. The van der Waals surface area contributed by atoms with E-state index < -0.39 is 0 Å². The lowest BCUT2D eigenvalue weighted by molar-refractivity contribution is 1.72. The summed E-state index contributed by atoms with van der Waals surface area (Å²) in [6.45, 7) is 4.00. The normalized spacial score (nSPS) is 13.4. The van der Waals surface area contributed by atoms with Crippen molar-refractivity contribution in [3.8, 4) is 0 Å². The topological polar surface area (TPSA) is 0 Å². The summed E-state index contributed by atoms with van der Waals surface area (Å²) < 4.78 is 0. The van der Waals surface area contributed by atoms with E-state index in [4.69, 9.17) is 0 Å². The minimum absolute atomic E-state index is 2.00. The van der Waals surface area contributed by atoms with Gasteiger partial charge in [0.1, 0.15) is 0 Å². The molecule has 0 saturated heterocycles. The van der Waals surface area contributed by atoms with E-state index in [0.29, 0.717) is 0 Å². The van der Waals surface area contributed by atoms with Gasteiger partial charge in [-0.2, -0.15) is 0 Å². The SMILES string of the molecule is C/C=C/C=C\C=C/C=C/C. The van der Waals surface area contributed by atoms with Gasteiger partial charge in [0.2, 0.25) is 0 Å². The van der Waals surface area contributed by atoms with Crippen LogP contribution in [0, 0.1) is 0 Å². The molecule has 0 bridgehead atoms. The molecule has 0 atom stereocenters. The molecule has 0 saturated carbocycles. The molecule has 0 nitrogen and oxygen atoms in total. The van der Waals surface area contributed by atoms with Crippen LogP contribution >= 0.6 is 0 Å². The fraction of sp³-hybridized carbons (Fsp3) is 0.200. The van der Waals surface area contributed by atoms with Gasteiger partial charge in [0.25, 0.3) is 0 Å². The minimum Gasteiger partial charge on any atom is -0.0877 e. The molecule has 0 fully saturated rings. The van der Waals surface area contributed by atoms with Crippen LogP contribution in [-0.2, 0) is 0 Å². The molecule has 0 aromatic rings. The molecule has 54 valence electrons. The zero-order chi connectivity index (χ0) is 7.66. The maximum atomic E-state index is 2.00. The summed E-state index contributed by atoms with van der Waals surface area (Å²) in [6, 6.07) is 0. The van der Waals surface area contributed by atoms with Gasteiger partial charge in [-0.15, -0.1) is 0 Å². The molecule has 0 heterocycles. The quantitative estimate of drug-likeness (QED) is 0.520. The lowest BCUT2D eigenvalue weighted by atomic mass is 10.4. The van der Waals surface area contributed by atoms with Crippen molar-refractivity contribution in [1.29, 1.82) is 0 Å². The minimum atomic E-state index is 2.00. The van der Waals surface area contributed by atoms with Gasteiger partial charge in [-0.05, 0) is 13.8 Å². The van der Waals surface area contributed by atoms with Crippen LogP contribution in [-0.4, -0.2) is 0 Å². The Morgan fingerprint density at radius 2 is 0.800 bits per heavy atom. The third kappa shape index (κ3) is 6.96. The molecule has 0 rings (SSSR count). The highest BCUT2D eigenvalue weighted by Crippen LogP contribution is 1.80. The first-order chi connectivity index (χ1) is 4.91. The van der Waals surface area contributed by atoms with E-state index >= 15 is 0 Å². The summed E-state index contributed by atoms with van der Waals surface area (Å²) >= 11 is 0. The second-order valence-corrected chi connectivity index (χ2v) is 1.82. The number of rotatable bonds is 3. The van der Waals surface area contributed by atoms with Crippen molar-refractivity contribution in [1.82, 2.24) is 0 Å². The van der Waals surface area contributed by atoms with Crippen molar-refractivity contribution in [2.75, 3.05) is 0 Å². The van der Waals surface area contributed by atoms with Gasteiger partial charge in [-0.1, -0.05) is 48.6 Å². The highest BCUT2D eigenvalue weighted by Gasteiger charge is 1.58. The first kappa shape index (κ1) is 8.96. The van der Waals surface area contributed by atoms with Crippen molar-refractivity contribution < 1.29 is 0 Å². The van der Waals surface area contributed by atoms with Gasteiger partial charge in [-0.3, -0.25) is 0 Å². The van der Waals surface area contributed by atoms with E-state index in [1.165, 1.54) is 0 Å². The second-order valence-electron chi connectivity index (χ2n) is 1.82. The van der Waals surface area contributed by atoms with E-state index in [-0.39, 0.29) is 0 Å². The van der Waals surface area contributed by atoms with Gasteiger partial charge < -0.3 is 0 Å². The highest BCUT2D eigenvalue weighted by atomic mass is 13.7. The van der Waals surface area contributed by atoms with Crippen molar-refractivity contribution in [3.05, 3.63) is 48.6 Å². The summed E-state index contributed by atoms with van der Waals surface area (Å²) in [5.74, 6) is 0. The fourth-order valence-corrected chi connectivity index (χ4v) is 0.479. The molecule has 0 aromatic carbocycles. The van der Waals surface area contributed by atoms with Gasteiger partial charge in [0.15, 0.2) is 0 Å². The van der Waals surface area contributed by atoms with Crippen LogP contribution in [0.5, 0.6) is 0 Å². The predicted molar refractivity (Wildman–Crippen MR) is 47.9 cm³/mol. The molecule has 0 aliphatic carbocycles. The van der Waals surface area contributed by atoms with Crippen LogP contribution in [0.15, 0.2) is 48.6 Å². The Labute approximate surface area is 63.3 Å². The maximum Gasteiger partial charge on any atom is -0.0467 e. The summed E-state index contributed by atoms with van der Waals surface area (Å²) in [6.07, 6.45) is 16.0. The van der Waals surface area contributed by atoms with Crippen LogP contribution in [0.3, 0.4) is 0 Å². The standard InChI is InChI=1S/C10H14/c1-3-5-7-9-10-8-6-4-2/h3-10H,1-2H3/b5-3+,6-4+,9-7-,10-8-. The summed E-state index contributed by atoms with van der Waals surface area (Å²) in [4.78, 5) is 0. The molecule has 0 aliphatic heterocycles. The van der Waals surface area contributed by atoms with Gasteiger partial charge in [0, 0.05) is 0 Å². The molecular formula is C10H14. The summed E-state index contributed by atoms with van der Waals surface area (Å²) in [5, 5.41) is 0. The Morgan fingerprint density at radius 3 is 1.10 bits per heavy atom. The Balaban J connectivity index is 3.51. The zero-order valence-corrected chi connectivity index (χ0v) is 6.62. The molecule has 0 aromatic heterocycles. The first-order valence-electron chi connectivity index (χ1n) is 3.49. The van der Waals surface area contributed by atoms with E-state index in [0.717, 1.165) is 0 Å². The van der Waals surface area contributed by atoms with E-state index in [2.05, 4.69) is 0 Å². The average molecular weight is 134 g/mol. The molecule has 10 heavy (non-hydrogen) atoms. The molecule has 0 spiro atoms. The largest absolute Gasteiger partial charge is 0.0877 e. The smallest absolute Gasteiger partial charge is 0.0467 e. The van der Waals surface area contributed by atoms with Crippen molar-refractivity contribution >= 4 is 0 Å². The monoisotopic (exact) mass is 134 g/mol.